The van der Waals surface area contributed by atoms with Crippen LogP contribution in [0.2, 0.25) is 0 Å². The van der Waals surface area contributed by atoms with Crippen molar-refractivity contribution >= 4 is 11.3 Å². The van der Waals surface area contributed by atoms with Crippen molar-refractivity contribution in [2.24, 2.45) is 5.92 Å². The van der Waals surface area contributed by atoms with Gasteiger partial charge in [0.2, 0.25) is 0 Å². The Kier molecular flexibility index (Phi) is 3.99. The number of thiophene rings is 1. The van der Waals surface area contributed by atoms with Crippen LogP contribution in [0, 0.1) is 5.92 Å². The molecule has 100 valence electrons. The number of rotatable bonds is 5. The molecule has 0 aromatic carbocycles. The lowest BCUT2D eigenvalue weighted by atomic mass is 10.1. The van der Waals surface area contributed by atoms with Gasteiger partial charge in [0, 0.05) is 30.6 Å². The quantitative estimate of drug-likeness (QED) is 0.883. The molecule has 0 amide bonds. The minimum absolute atomic E-state index is 0.352. The number of ether oxygens (including phenoxy) is 1. The van der Waals surface area contributed by atoms with E-state index >= 15 is 0 Å². The van der Waals surface area contributed by atoms with Crippen LogP contribution in [0.1, 0.15) is 23.8 Å². The molecule has 0 spiro atoms. The molecule has 2 heterocycles. The molecule has 3 nitrogen and oxygen atoms in total. The Morgan fingerprint density at radius 3 is 3.06 bits per heavy atom. The summed E-state index contributed by atoms with van der Waals surface area (Å²) in [5.41, 5.74) is 0. The summed E-state index contributed by atoms with van der Waals surface area (Å²) in [5, 5.41) is 5.60. The first-order valence-corrected chi connectivity index (χ1v) is 7.78. The summed E-state index contributed by atoms with van der Waals surface area (Å²) >= 11 is 1.89. The van der Waals surface area contributed by atoms with Gasteiger partial charge in [-0.25, -0.2) is 0 Å². The average molecular weight is 266 g/mol. The molecule has 1 aliphatic carbocycles. The first-order chi connectivity index (χ1) is 8.84. The summed E-state index contributed by atoms with van der Waals surface area (Å²) in [6, 6.07) is 5.06. The third kappa shape index (κ3) is 2.94. The molecule has 3 rings (SSSR count). The topological polar surface area (TPSA) is 24.5 Å². The number of morpholine rings is 1. The number of likely N-dealkylation sites (N-methyl/N-ethyl adjacent to an activating group) is 1. The zero-order valence-electron chi connectivity index (χ0n) is 11.0. The maximum absolute atomic E-state index is 5.82. The van der Waals surface area contributed by atoms with E-state index in [-0.39, 0.29) is 0 Å². The van der Waals surface area contributed by atoms with Crippen molar-refractivity contribution in [1.82, 2.24) is 10.2 Å². The van der Waals surface area contributed by atoms with Crippen molar-refractivity contribution in [3.8, 4) is 0 Å². The monoisotopic (exact) mass is 266 g/mol. The SMILES string of the molecule is CN(CC1CNCCO1)C(c1cccs1)C1CC1. The molecule has 2 fully saturated rings. The van der Waals surface area contributed by atoms with E-state index in [0.29, 0.717) is 12.1 Å². The smallest absolute Gasteiger partial charge is 0.0826 e. The molecule has 2 aliphatic rings. The molecule has 1 aromatic heterocycles. The molecule has 2 atom stereocenters. The molecule has 1 aliphatic heterocycles. The second-order valence-electron chi connectivity index (χ2n) is 5.43. The van der Waals surface area contributed by atoms with E-state index < -0.39 is 0 Å². The Morgan fingerprint density at radius 2 is 2.44 bits per heavy atom. The van der Waals surface area contributed by atoms with Crippen molar-refractivity contribution in [2.45, 2.75) is 25.0 Å². The average Bonchev–Trinajstić information content (AvgIpc) is 3.05. The Labute approximate surface area is 113 Å². The van der Waals surface area contributed by atoms with Crippen molar-refractivity contribution < 1.29 is 4.74 Å². The first kappa shape index (κ1) is 12.6. The normalized spacial score (nSPS) is 26.4. The van der Waals surface area contributed by atoms with Gasteiger partial charge in [0.15, 0.2) is 0 Å². The largest absolute Gasteiger partial charge is 0.374 e. The molecular formula is C14H22N2OS. The Morgan fingerprint density at radius 1 is 1.56 bits per heavy atom. The second-order valence-corrected chi connectivity index (χ2v) is 6.41. The summed E-state index contributed by atoms with van der Waals surface area (Å²) in [6.45, 7) is 3.88. The summed E-state index contributed by atoms with van der Waals surface area (Å²) in [7, 11) is 2.25. The van der Waals surface area contributed by atoms with Gasteiger partial charge in [0.1, 0.15) is 0 Å². The Balaban J connectivity index is 1.63. The maximum atomic E-state index is 5.82. The van der Waals surface area contributed by atoms with Gasteiger partial charge in [-0.05, 0) is 37.3 Å². The van der Waals surface area contributed by atoms with Gasteiger partial charge >= 0.3 is 0 Å². The van der Waals surface area contributed by atoms with Crippen LogP contribution in [0.4, 0.5) is 0 Å². The van der Waals surface area contributed by atoms with Crippen LogP contribution in [0.15, 0.2) is 17.5 Å². The molecule has 0 bridgehead atoms. The van der Waals surface area contributed by atoms with Gasteiger partial charge in [-0.2, -0.15) is 0 Å². The van der Waals surface area contributed by atoms with Crippen LogP contribution in [-0.2, 0) is 4.74 Å². The van der Waals surface area contributed by atoms with Gasteiger partial charge in [-0.3, -0.25) is 4.90 Å². The fourth-order valence-corrected chi connectivity index (χ4v) is 3.84. The van der Waals surface area contributed by atoms with Crippen molar-refractivity contribution in [1.29, 1.82) is 0 Å². The second kappa shape index (κ2) is 5.70. The standard InChI is InChI=1S/C14H22N2OS/c1-16(10-12-9-15-6-7-17-12)14(11-4-5-11)13-3-2-8-18-13/h2-3,8,11-12,14-15H,4-7,9-10H2,1H3. The Bertz CT molecular complexity index is 358. The zero-order chi connectivity index (χ0) is 12.4. The fraction of sp³-hybridized carbons (Fsp3) is 0.714. The first-order valence-electron chi connectivity index (χ1n) is 6.90. The van der Waals surface area contributed by atoms with E-state index in [1.807, 2.05) is 11.3 Å². The maximum Gasteiger partial charge on any atom is 0.0826 e. The lowest BCUT2D eigenvalue weighted by Crippen LogP contribution is -2.45. The number of nitrogens with one attached hydrogen (secondary N) is 1. The minimum atomic E-state index is 0.352. The third-order valence-electron chi connectivity index (χ3n) is 3.87. The molecule has 1 aromatic rings. The zero-order valence-corrected chi connectivity index (χ0v) is 11.8. The van der Waals surface area contributed by atoms with Crippen LogP contribution in [0.5, 0.6) is 0 Å². The number of nitrogens with zero attached hydrogens (tertiary/aromatic N) is 1. The highest BCUT2D eigenvalue weighted by Gasteiger charge is 2.36. The van der Waals surface area contributed by atoms with Crippen LogP contribution in [-0.4, -0.2) is 44.3 Å². The molecule has 1 saturated carbocycles. The molecule has 2 unspecified atom stereocenters. The van der Waals surface area contributed by atoms with E-state index in [1.165, 1.54) is 17.7 Å². The van der Waals surface area contributed by atoms with Gasteiger partial charge in [0.25, 0.3) is 0 Å². The molecule has 1 N–H and O–H groups in total. The van der Waals surface area contributed by atoms with Crippen LogP contribution in [0.25, 0.3) is 0 Å². The van der Waals surface area contributed by atoms with Crippen LogP contribution >= 0.6 is 11.3 Å². The number of hydrogen-bond donors (Lipinski definition) is 1. The minimum Gasteiger partial charge on any atom is -0.374 e. The predicted octanol–water partition coefficient (Wildman–Crippen LogP) is 2.12. The van der Waals surface area contributed by atoms with Crippen LogP contribution < -0.4 is 5.32 Å². The predicted molar refractivity (Wildman–Crippen MR) is 75.0 cm³/mol. The molecular weight excluding hydrogens is 244 g/mol. The molecule has 4 heteroatoms. The van der Waals surface area contributed by atoms with Gasteiger partial charge in [-0.1, -0.05) is 6.07 Å². The van der Waals surface area contributed by atoms with Gasteiger partial charge in [0.05, 0.1) is 12.7 Å². The van der Waals surface area contributed by atoms with E-state index in [1.54, 1.807) is 0 Å². The Hall–Kier alpha value is -0.420. The number of hydrogen-bond acceptors (Lipinski definition) is 4. The van der Waals surface area contributed by atoms with Crippen molar-refractivity contribution in [3.05, 3.63) is 22.4 Å². The van der Waals surface area contributed by atoms with E-state index in [0.717, 1.165) is 32.2 Å². The molecule has 0 radical (unpaired) electrons. The lowest BCUT2D eigenvalue weighted by Gasteiger charge is -2.32. The van der Waals surface area contributed by atoms with E-state index in [4.69, 9.17) is 4.74 Å². The lowest BCUT2D eigenvalue weighted by molar-refractivity contribution is 0.00103. The van der Waals surface area contributed by atoms with Crippen molar-refractivity contribution in [3.63, 3.8) is 0 Å². The third-order valence-corrected chi connectivity index (χ3v) is 4.82. The molecule has 18 heavy (non-hydrogen) atoms. The van der Waals surface area contributed by atoms with E-state index in [9.17, 15) is 0 Å². The summed E-state index contributed by atoms with van der Waals surface area (Å²) in [6.07, 6.45) is 3.12. The van der Waals surface area contributed by atoms with Crippen molar-refractivity contribution in [2.75, 3.05) is 33.3 Å². The summed E-state index contributed by atoms with van der Waals surface area (Å²) in [4.78, 5) is 4.02. The highest BCUT2D eigenvalue weighted by atomic mass is 32.1. The molecule has 1 saturated heterocycles. The summed E-state index contributed by atoms with van der Waals surface area (Å²) < 4.78 is 5.82. The summed E-state index contributed by atoms with van der Waals surface area (Å²) in [5.74, 6) is 0.866. The highest BCUT2D eigenvalue weighted by molar-refractivity contribution is 7.10. The van der Waals surface area contributed by atoms with E-state index in [2.05, 4.69) is 34.8 Å². The van der Waals surface area contributed by atoms with Gasteiger partial charge in [-0.15, -0.1) is 11.3 Å². The van der Waals surface area contributed by atoms with Gasteiger partial charge < -0.3 is 10.1 Å². The fourth-order valence-electron chi connectivity index (χ4n) is 2.85. The highest BCUT2D eigenvalue weighted by Crippen LogP contribution is 2.45. The van der Waals surface area contributed by atoms with Crippen LogP contribution in [0.3, 0.4) is 0 Å².